The Balaban J connectivity index is 2.53. The van der Waals surface area contributed by atoms with Crippen molar-refractivity contribution in [3.8, 4) is 0 Å². The number of nitrogens with zero attached hydrogens (tertiary/aromatic N) is 1. The molecule has 0 aromatic carbocycles. The Hall–Kier alpha value is -0.770. The molecule has 82 valence electrons. The van der Waals surface area contributed by atoms with Crippen molar-refractivity contribution in [3.05, 3.63) is 0 Å². The van der Waals surface area contributed by atoms with Crippen LogP contribution >= 0.6 is 0 Å². The maximum absolute atomic E-state index is 11.7. The summed E-state index contributed by atoms with van der Waals surface area (Å²) in [6, 6.07) is 0.359. The number of amides is 2. The second-order valence-electron chi connectivity index (χ2n) is 4.11. The number of urea groups is 1. The number of carbonyl (C=O) groups excluding carboxylic acids is 1. The van der Waals surface area contributed by atoms with Gasteiger partial charge in [-0.25, -0.2) is 4.79 Å². The zero-order valence-corrected chi connectivity index (χ0v) is 9.41. The first kappa shape index (κ1) is 11.3. The van der Waals surface area contributed by atoms with Gasteiger partial charge in [0.15, 0.2) is 0 Å². The zero-order valence-electron chi connectivity index (χ0n) is 9.41. The maximum atomic E-state index is 11.7. The Kier molecular flexibility index (Phi) is 3.75. The molecule has 1 heterocycles. The van der Waals surface area contributed by atoms with Crippen LogP contribution in [0, 0.1) is 0 Å². The number of morpholine rings is 1. The highest BCUT2D eigenvalue weighted by Gasteiger charge is 2.28. The topological polar surface area (TPSA) is 41.6 Å². The number of carbonyl (C=O) groups is 1. The fourth-order valence-electron chi connectivity index (χ4n) is 1.55. The highest BCUT2D eigenvalue weighted by Crippen LogP contribution is 2.13. The molecule has 1 rings (SSSR count). The Morgan fingerprint density at radius 1 is 1.50 bits per heavy atom. The van der Waals surface area contributed by atoms with E-state index in [1.165, 1.54) is 0 Å². The van der Waals surface area contributed by atoms with Crippen molar-refractivity contribution in [2.24, 2.45) is 0 Å². The van der Waals surface area contributed by atoms with Gasteiger partial charge >= 0.3 is 6.03 Å². The van der Waals surface area contributed by atoms with Gasteiger partial charge < -0.3 is 15.0 Å². The summed E-state index contributed by atoms with van der Waals surface area (Å²) >= 11 is 0. The molecule has 1 aliphatic rings. The third-order valence-electron chi connectivity index (χ3n) is 2.56. The van der Waals surface area contributed by atoms with Gasteiger partial charge in [-0.3, -0.25) is 0 Å². The van der Waals surface area contributed by atoms with E-state index in [0.29, 0.717) is 13.2 Å². The number of hydrogen-bond acceptors (Lipinski definition) is 2. The summed E-state index contributed by atoms with van der Waals surface area (Å²) < 4.78 is 5.45. The maximum Gasteiger partial charge on any atom is 0.318 e. The van der Waals surface area contributed by atoms with Crippen LogP contribution in [0.4, 0.5) is 4.79 Å². The standard InChI is InChI=1S/C10H20N2O2/c1-7(2)11-10(13)12-5-6-14-9(4)8(12)3/h7-9H,5-6H2,1-4H3,(H,11,13). The van der Waals surface area contributed by atoms with E-state index < -0.39 is 0 Å². The predicted molar refractivity (Wildman–Crippen MR) is 55.2 cm³/mol. The normalized spacial score (nSPS) is 27.9. The second-order valence-corrected chi connectivity index (χ2v) is 4.11. The van der Waals surface area contributed by atoms with Crippen molar-refractivity contribution < 1.29 is 9.53 Å². The molecule has 1 saturated heterocycles. The quantitative estimate of drug-likeness (QED) is 0.691. The lowest BCUT2D eigenvalue weighted by Crippen LogP contribution is -2.55. The largest absolute Gasteiger partial charge is 0.375 e. The first-order valence-electron chi connectivity index (χ1n) is 5.21. The first-order valence-corrected chi connectivity index (χ1v) is 5.21. The van der Waals surface area contributed by atoms with Crippen LogP contribution in [0.3, 0.4) is 0 Å². The molecule has 4 heteroatoms. The monoisotopic (exact) mass is 200 g/mol. The lowest BCUT2D eigenvalue weighted by atomic mass is 10.1. The Bertz CT molecular complexity index is 206. The van der Waals surface area contributed by atoms with Crippen LogP contribution in [0.2, 0.25) is 0 Å². The molecule has 0 radical (unpaired) electrons. The Morgan fingerprint density at radius 2 is 2.14 bits per heavy atom. The van der Waals surface area contributed by atoms with E-state index >= 15 is 0 Å². The fraction of sp³-hybridized carbons (Fsp3) is 0.900. The van der Waals surface area contributed by atoms with Gasteiger partial charge in [-0.2, -0.15) is 0 Å². The van der Waals surface area contributed by atoms with E-state index in [1.54, 1.807) is 0 Å². The summed E-state index contributed by atoms with van der Waals surface area (Å²) in [7, 11) is 0. The van der Waals surface area contributed by atoms with Gasteiger partial charge in [0.1, 0.15) is 0 Å². The molecular formula is C10H20N2O2. The van der Waals surface area contributed by atoms with Gasteiger partial charge in [0.2, 0.25) is 0 Å². The van der Waals surface area contributed by atoms with E-state index in [4.69, 9.17) is 4.74 Å². The third-order valence-corrected chi connectivity index (χ3v) is 2.56. The zero-order chi connectivity index (χ0) is 10.7. The molecule has 0 aromatic heterocycles. The van der Waals surface area contributed by atoms with Gasteiger partial charge in [-0.15, -0.1) is 0 Å². The van der Waals surface area contributed by atoms with Crippen molar-refractivity contribution in [3.63, 3.8) is 0 Å². The number of nitrogens with one attached hydrogen (secondary N) is 1. The van der Waals surface area contributed by atoms with E-state index in [1.807, 2.05) is 32.6 Å². The number of hydrogen-bond donors (Lipinski definition) is 1. The van der Waals surface area contributed by atoms with Gasteiger partial charge in [0, 0.05) is 12.6 Å². The van der Waals surface area contributed by atoms with E-state index in [9.17, 15) is 4.79 Å². The number of ether oxygens (including phenoxy) is 1. The van der Waals surface area contributed by atoms with Crippen LogP contribution in [0.5, 0.6) is 0 Å². The molecule has 2 unspecified atom stereocenters. The molecule has 1 fully saturated rings. The summed E-state index contributed by atoms with van der Waals surface area (Å²) in [6.07, 6.45) is 0.127. The molecule has 1 N–H and O–H groups in total. The van der Waals surface area contributed by atoms with Gasteiger partial charge in [0.25, 0.3) is 0 Å². The molecule has 2 amide bonds. The third kappa shape index (κ3) is 2.61. The minimum absolute atomic E-state index is 0.0163. The molecule has 0 bridgehead atoms. The van der Waals surface area contributed by atoms with E-state index in [0.717, 1.165) is 0 Å². The summed E-state index contributed by atoms with van der Waals surface area (Å²) in [5, 5.41) is 2.89. The molecule has 0 aromatic rings. The molecule has 4 nitrogen and oxygen atoms in total. The van der Waals surface area contributed by atoms with Crippen LogP contribution in [0.25, 0.3) is 0 Å². The molecule has 14 heavy (non-hydrogen) atoms. The van der Waals surface area contributed by atoms with Gasteiger partial charge in [0.05, 0.1) is 18.8 Å². The van der Waals surface area contributed by atoms with Crippen molar-refractivity contribution in [2.45, 2.75) is 45.9 Å². The van der Waals surface area contributed by atoms with Gasteiger partial charge in [-0.1, -0.05) is 0 Å². The minimum atomic E-state index is 0.0163. The predicted octanol–water partition coefficient (Wildman–Crippen LogP) is 1.21. The summed E-state index contributed by atoms with van der Waals surface area (Å²) in [5.41, 5.74) is 0. The van der Waals surface area contributed by atoms with Crippen molar-refractivity contribution in [2.75, 3.05) is 13.2 Å². The molecule has 1 aliphatic heterocycles. The minimum Gasteiger partial charge on any atom is -0.375 e. The van der Waals surface area contributed by atoms with Crippen molar-refractivity contribution in [1.29, 1.82) is 0 Å². The molecule has 0 spiro atoms. The van der Waals surface area contributed by atoms with Crippen LogP contribution < -0.4 is 5.32 Å². The van der Waals surface area contributed by atoms with Crippen molar-refractivity contribution in [1.82, 2.24) is 10.2 Å². The highest BCUT2D eigenvalue weighted by molar-refractivity contribution is 5.74. The lowest BCUT2D eigenvalue weighted by molar-refractivity contribution is -0.0378. The van der Waals surface area contributed by atoms with Crippen LogP contribution in [-0.4, -0.2) is 42.3 Å². The lowest BCUT2D eigenvalue weighted by Gasteiger charge is -2.38. The van der Waals surface area contributed by atoms with Gasteiger partial charge in [-0.05, 0) is 27.7 Å². The molecule has 0 saturated carbocycles. The molecule has 2 atom stereocenters. The first-order chi connectivity index (χ1) is 6.52. The smallest absolute Gasteiger partial charge is 0.318 e. The summed E-state index contributed by atoms with van der Waals surface area (Å²) in [4.78, 5) is 13.6. The van der Waals surface area contributed by atoms with Crippen LogP contribution in [0.15, 0.2) is 0 Å². The Morgan fingerprint density at radius 3 is 2.71 bits per heavy atom. The van der Waals surface area contributed by atoms with Crippen LogP contribution in [-0.2, 0) is 4.74 Å². The number of rotatable bonds is 1. The molecule has 0 aliphatic carbocycles. The second kappa shape index (κ2) is 4.64. The Labute approximate surface area is 85.6 Å². The fourth-order valence-corrected chi connectivity index (χ4v) is 1.55. The van der Waals surface area contributed by atoms with E-state index in [2.05, 4.69) is 5.32 Å². The highest BCUT2D eigenvalue weighted by atomic mass is 16.5. The molecular weight excluding hydrogens is 180 g/mol. The van der Waals surface area contributed by atoms with Crippen molar-refractivity contribution >= 4 is 6.03 Å². The summed E-state index contributed by atoms with van der Waals surface area (Å²) in [6.45, 7) is 9.27. The summed E-state index contributed by atoms with van der Waals surface area (Å²) in [5.74, 6) is 0. The SMILES string of the molecule is CC(C)NC(=O)N1CCOC(C)C1C. The average Bonchev–Trinajstić information content (AvgIpc) is 2.08. The van der Waals surface area contributed by atoms with Crippen LogP contribution in [0.1, 0.15) is 27.7 Å². The van der Waals surface area contributed by atoms with E-state index in [-0.39, 0.29) is 24.2 Å². The average molecular weight is 200 g/mol.